The van der Waals surface area contributed by atoms with E-state index in [9.17, 15) is 14.0 Å². The monoisotopic (exact) mass is 440 g/mol. The van der Waals surface area contributed by atoms with Crippen molar-refractivity contribution >= 4 is 23.3 Å². The van der Waals surface area contributed by atoms with Crippen LogP contribution in [0.1, 0.15) is 42.8 Å². The number of carbonyl (C=O) groups excluding carboxylic acids is 2. The van der Waals surface area contributed by atoms with E-state index in [1.807, 2.05) is 11.9 Å². The zero-order chi connectivity index (χ0) is 22.7. The molecule has 1 fully saturated rings. The van der Waals surface area contributed by atoms with Gasteiger partial charge in [-0.25, -0.2) is 14.4 Å². The molecule has 3 heterocycles. The molecule has 2 N–H and O–H groups in total. The van der Waals surface area contributed by atoms with Gasteiger partial charge in [0.2, 0.25) is 11.8 Å². The van der Waals surface area contributed by atoms with Gasteiger partial charge >= 0.3 is 0 Å². The van der Waals surface area contributed by atoms with Crippen molar-refractivity contribution in [3.63, 3.8) is 0 Å². The zero-order valence-electron chi connectivity index (χ0n) is 18.5. The summed E-state index contributed by atoms with van der Waals surface area (Å²) in [5.41, 5.74) is 2.22. The van der Waals surface area contributed by atoms with Crippen LogP contribution in [0.4, 0.5) is 15.9 Å². The van der Waals surface area contributed by atoms with Gasteiger partial charge in [0.1, 0.15) is 17.5 Å². The van der Waals surface area contributed by atoms with Crippen LogP contribution in [0.15, 0.2) is 24.3 Å². The van der Waals surface area contributed by atoms with Gasteiger partial charge < -0.3 is 15.5 Å². The first-order valence-electron chi connectivity index (χ1n) is 11.0. The summed E-state index contributed by atoms with van der Waals surface area (Å²) in [5, 5.41) is 5.82. The van der Waals surface area contributed by atoms with E-state index in [-0.39, 0.29) is 30.0 Å². The van der Waals surface area contributed by atoms with Crippen LogP contribution in [-0.2, 0) is 22.6 Å². The fourth-order valence-corrected chi connectivity index (χ4v) is 4.40. The van der Waals surface area contributed by atoms with Crippen molar-refractivity contribution in [2.24, 2.45) is 0 Å². The summed E-state index contributed by atoms with van der Waals surface area (Å²) in [4.78, 5) is 37.6. The lowest BCUT2D eigenvalue weighted by atomic mass is 9.95. The molecule has 2 aromatic rings. The van der Waals surface area contributed by atoms with Crippen molar-refractivity contribution in [2.75, 3.05) is 43.9 Å². The van der Waals surface area contributed by atoms with E-state index >= 15 is 0 Å². The van der Waals surface area contributed by atoms with Crippen molar-refractivity contribution in [2.45, 2.75) is 38.6 Å². The molecule has 1 aromatic heterocycles. The maximum atomic E-state index is 13.7. The number of amides is 2. The third-order valence-electron chi connectivity index (χ3n) is 6.23. The second-order valence-corrected chi connectivity index (χ2v) is 8.37. The summed E-state index contributed by atoms with van der Waals surface area (Å²) in [6.07, 6.45) is 2.44. The number of nitrogens with zero attached hydrogens (tertiary/aromatic N) is 4. The summed E-state index contributed by atoms with van der Waals surface area (Å²) in [5.74, 6) is 1.27. The average molecular weight is 441 g/mol. The Morgan fingerprint density at radius 1 is 1.16 bits per heavy atom. The molecule has 2 amide bonds. The SMILES string of the molecule is CNc1nc(C2CCN(CC(=O)Nc3ccccc3F)CC2)nc2c1CN(C(C)=O)CC2. The minimum Gasteiger partial charge on any atom is -0.373 e. The lowest BCUT2D eigenvalue weighted by Crippen LogP contribution is -2.39. The Hall–Kier alpha value is -3.07. The maximum absolute atomic E-state index is 13.7. The molecular formula is C23H29FN6O2. The van der Waals surface area contributed by atoms with E-state index in [0.717, 1.165) is 55.3 Å². The Kier molecular flexibility index (Phi) is 6.64. The van der Waals surface area contributed by atoms with Gasteiger partial charge in [-0.05, 0) is 38.1 Å². The van der Waals surface area contributed by atoms with E-state index in [0.29, 0.717) is 13.1 Å². The molecule has 4 rings (SSSR count). The molecular weight excluding hydrogens is 411 g/mol. The Morgan fingerprint density at radius 2 is 1.91 bits per heavy atom. The number of hydrogen-bond donors (Lipinski definition) is 2. The number of rotatable bonds is 5. The van der Waals surface area contributed by atoms with E-state index in [1.165, 1.54) is 6.07 Å². The van der Waals surface area contributed by atoms with Gasteiger partial charge in [-0.3, -0.25) is 14.5 Å². The Morgan fingerprint density at radius 3 is 2.59 bits per heavy atom. The van der Waals surface area contributed by atoms with E-state index in [1.54, 1.807) is 25.1 Å². The molecule has 0 saturated carbocycles. The summed E-state index contributed by atoms with van der Waals surface area (Å²) >= 11 is 0. The molecule has 1 saturated heterocycles. The Labute approximate surface area is 187 Å². The van der Waals surface area contributed by atoms with Crippen molar-refractivity contribution in [3.05, 3.63) is 47.2 Å². The maximum Gasteiger partial charge on any atom is 0.238 e. The molecule has 2 aliphatic rings. The van der Waals surface area contributed by atoms with E-state index in [4.69, 9.17) is 9.97 Å². The van der Waals surface area contributed by atoms with Crippen LogP contribution >= 0.6 is 0 Å². The first kappa shape index (κ1) is 22.1. The first-order chi connectivity index (χ1) is 15.4. The predicted octanol–water partition coefficient (Wildman–Crippen LogP) is 2.38. The number of carbonyl (C=O) groups is 2. The van der Waals surface area contributed by atoms with Crippen molar-refractivity contribution in [3.8, 4) is 0 Å². The van der Waals surface area contributed by atoms with Gasteiger partial charge in [-0.15, -0.1) is 0 Å². The standard InChI is InChI=1S/C23H29FN6O2/c1-15(31)30-12-9-19-17(13-30)23(25-2)28-22(27-19)16-7-10-29(11-8-16)14-21(32)26-20-6-4-3-5-18(20)24/h3-6,16H,7-14H2,1-2H3,(H,26,32)(H,25,27,28). The largest absolute Gasteiger partial charge is 0.373 e. The van der Waals surface area contributed by atoms with Crippen LogP contribution in [0.5, 0.6) is 0 Å². The molecule has 0 unspecified atom stereocenters. The highest BCUT2D eigenvalue weighted by Gasteiger charge is 2.28. The zero-order valence-corrected chi connectivity index (χ0v) is 18.5. The molecule has 0 atom stereocenters. The van der Waals surface area contributed by atoms with Crippen LogP contribution in [-0.4, -0.2) is 64.8 Å². The lowest BCUT2D eigenvalue weighted by Gasteiger charge is -2.32. The number of halogens is 1. The minimum absolute atomic E-state index is 0.0631. The van der Waals surface area contributed by atoms with Gasteiger partial charge in [-0.1, -0.05) is 12.1 Å². The van der Waals surface area contributed by atoms with Crippen molar-refractivity contribution in [1.82, 2.24) is 19.8 Å². The molecule has 1 aromatic carbocycles. The second kappa shape index (κ2) is 9.60. The third kappa shape index (κ3) is 4.88. The number of nitrogens with one attached hydrogen (secondary N) is 2. The van der Waals surface area contributed by atoms with E-state index in [2.05, 4.69) is 15.5 Å². The summed E-state index contributed by atoms with van der Waals surface area (Å²) < 4.78 is 13.7. The number of hydrogen-bond acceptors (Lipinski definition) is 6. The third-order valence-corrected chi connectivity index (χ3v) is 6.23. The molecule has 8 nitrogen and oxygen atoms in total. The molecule has 0 radical (unpaired) electrons. The number of para-hydroxylation sites is 1. The molecule has 0 aliphatic carbocycles. The Bertz CT molecular complexity index is 989. The van der Waals surface area contributed by atoms with Crippen LogP contribution < -0.4 is 10.6 Å². The average Bonchev–Trinajstić information content (AvgIpc) is 2.80. The number of fused-ring (bicyclic) bond motifs is 1. The number of piperidine rings is 1. The highest BCUT2D eigenvalue weighted by atomic mass is 19.1. The second-order valence-electron chi connectivity index (χ2n) is 8.37. The molecule has 0 bridgehead atoms. The lowest BCUT2D eigenvalue weighted by molar-refractivity contribution is -0.129. The summed E-state index contributed by atoms with van der Waals surface area (Å²) in [6.45, 7) is 4.54. The highest BCUT2D eigenvalue weighted by molar-refractivity contribution is 5.92. The van der Waals surface area contributed by atoms with Crippen LogP contribution in [0.2, 0.25) is 0 Å². The normalized spacial score (nSPS) is 17.0. The minimum atomic E-state index is -0.434. The Balaban J connectivity index is 1.36. The van der Waals surface area contributed by atoms with Crippen molar-refractivity contribution in [1.29, 1.82) is 0 Å². The number of anilines is 2. The number of likely N-dealkylation sites (tertiary alicyclic amines) is 1. The molecule has 2 aliphatic heterocycles. The van der Waals surface area contributed by atoms with Gasteiger partial charge in [0.15, 0.2) is 0 Å². The van der Waals surface area contributed by atoms with E-state index < -0.39 is 5.82 Å². The molecule has 9 heteroatoms. The quantitative estimate of drug-likeness (QED) is 0.742. The van der Waals surface area contributed by atoms with Crippen LogP contribution in [0.3, 0.4) is 0 Å². The van der Waals surface area contributed by atoms with Gasteiger partial charge in [0, 0.05) is 38.4 Å². The van der Waals surface area contributed by atoms with Gasteiger partial charge in [-0.2, -0.15) is 0 Å². The molecule has 170 valence electrons. The summed E-state index contributed by atoms with van der Waals surface area (Å²) in [6, 6.07) is 6.18. The fourth-order valence-electron chi connectivity index (χ4n) is 4.40. The highest BCUT2D eigenvalue weighted by Crippen LogP contribution is 2.30. The molecule has 0 spiro atoms. The van der Waals surface area contributed by atoms with Gasteiger partial charge in [0.05, 0.1) is 24.5 Å². The number of benzene rings is 1. The topological polar surface area (TPSA) is 90.5 Å². The molecule has 32 heavy (non-hydrogen) atoms. The summed E-state index contributed by atoms with van der Waals surface area (Å²) in [7, 11) is 1.84. The fraction of sp³-hybridized carbons (Fsp3) is 0.478. The first-order valence-corrected chi connectivity index (χ1v) is 11.0. The number of aromatic nitrogens is 2. The van der Waals surface area contributed by atoms with Crippen molar-refractivity contribution < 1.29 is 14.0 Å². The van der Waals surface area contributed by atoms with Crippen LogP contribution in [0.25, 0.3) is 0 Å². The van der Waals surface area contributed by atoms with Gasteiger partial charge in [0.25, 0.3) is 0 Å². The predicted molar refractivity (Wildman–Crippen MR) is 120 cm³/mol. The van der Waals surface area contributed by atoms with Crippen LogP contribution in [0, 0.1) is 5.82 Å². The smallest absolute Gasteiger partial charge is 0.238 e.